The fourth-order valence-electron chi connectivity index (χ4n) is 2.78. The first-order valence-corrected chi connectivity index (χ1v) is 7.55. The Morgan fingerprint density at radius 2 is 1.81 bits per heavy atom. The molecule has 0 aliphatic rings. The van der Waals surface area contributed by atoms with Crippen molar-refractivity contribution >= 4 is 22.4 Å². The normalized spacial score (nSPS) is 12.7. The first kappa shape index (κ1) is 14.2. The number of rotatable bonds is 4. The molecule has 1 atom stereocenters. The van der Waals surface area contributed by atoms with Crippen molar-refractivity contribution in [2.75, 3.05) is 6.54 Å². The molecule has 1 heterocycles. The van der Waals surface area contributed by atoms with Crippen molar-refractivity contribution in [1.29, 1.82) is 0 Å². The Labute approximate surface area is 129 Å². The quantitative estimate of drug-likeness (QED) is 0.725. The topological polar surface area (TPSA) is 25.2 Å². The molecular formula is C18H18ClNO. The van der Waals surface area contributed by atoms with E-state index in [1.807, 2.05) is 6.07 Å². The van der Waals surface area contributed by atoms with Crippen molar-refractivity contribution in [2.24, 2.45) is 0 Å². The van der Waals surface area contributed by atoms with Gasteiger partial charge in [0.25, 0.3) is 0 Å². The zero-order valence-corrected chi connectivity index (χ0v) is 12.9. The molecule has 3 aromatic rings. The van der Waals surface area contributed by atoms with Crippen LogP contribution < -0.4 is 5.32 Å². The number of fused-ring (bicyclic) bond motifs is 1. The van der Waals surface area contributed by atoms with Crippen molar-refractivity contribution in [1.82, 2.24) is 5.32 Å². The fraction of sp³-hybridized carbons (Fsp3) is 0.222. The van der Waals surface area contributed by atoms with Crippen LogP contribution in [0, 0.1) is 6.92 Å². The molecule has 0 aliphatic heterocycles. The number of benzene rings is 2. The van der Waals surface area contributed by atoms with E-state index < -0.39 is 0 Å². The van der Waals surface area contributed by atoms with E-state index in [2.05, 4.69) is 55.6 Å². The molecule has 0 bridgehead atoms. The smallest absolute Gasteiger partial charge is 0.193 e. The van der Waals surface area contributed by atoms with Gasteiger partial charge in [0.05, 0.1) is 6.04 Å². The molecule has 0 radical (unpaired) electrons. The molecule has 0 saturated carbocycles. The summed E-state index contributed by atoms with van der Waals surface area (Å²) in [7, 11) is 0. The lowest BCUT2D eigenvalue weighted by molar-refractivity contribution is 0.455. The Morgan fingerprint density at radius 3 is 2.48 bits per heavy atom. The van der Waals surface area contributed by atoms with Gasteiger partial charge < -0.3 is 9.73 Å². The second kappa shape index (κ2) is 5.92. The van der Waals surface area contributed by atoms with Gasteiger partial charge in [0, 0.05) is 0 Å². The van der Waals surface area contributed by atoms with Crippen molar-refractivity contribution < 1.29 is 4.42 Å². The summed E-state index contributed by atoms with van der Waals surface area (Å²) in [5, 5.41) is 6.43. The first-order valence-electron chi connectivity index (χ1n) is 7.17. The molecule has 2 aromatic carbocycles. The van der Waals surface area contributed by atoms with Crippen molar-refractivity contribution in [2.45, 2.75) is 19.9 Å². The number of hydrogen-bond acceptors (Lipinski definition) is 2. The van der Waals surface area contributed by atoms with E-state index in [-0.39, 0.29) is 6.04 Å². The van der Waals surface area contributed by atoms with E-state index in [4.69, 9.17) is 16.0 Å². The van der Waals surface area contributed by atoms with E-state index in [0.29, 0.717) is 5.22 Å². The van der Waals surface area contributed by atoms with Crippen LogP contribution in [0.25, 0.3) is 10.8 Å². The molecule has 1 unspecified atom stereocenters. The van der Waals surface area contributed by atoms with Gasteiger partial charge in [-0.2, -0.15) is 0 Å². The molecule has 0 fully saturated rings. The third-order valence-electron chi connectivity index (χ3n) is 3.77. The monoisotopic (exact) mass is 299 g/mol. The summed E-state index contributed by atoms with van der Waals surface area (Å²) in [6.07, 6.45) is 0. The summed E-state index contributed by atoms with van der Waals surface area (Å²) in [4.78, 5) is 0. The maximum absolute atomic E-state index is 5.94. The maximum Gasteiger partial charge on any atom is 0.193 e. The number of aryl methyl sites for hydroxylation is 1. The minimum Gasteiger partial charge on any atom is -0.448 e. The molecule has 1 aromatic heterocycles. The highest BCUT2D eigenvalue weighted by molar-refractivity contribution is 6.28. The van der Waals surface area contributed by atoms with Crippen LogP contribution in [0.1, 0.15) is 29.9 Å². The van der Waals surface area contributed by atoms with Crippen LogP contribution in [0.5, 0.6) is 0 Å². The van der Waals surface area contributed by atoms with Crippen molar-refractivity contribution in [3.8, 4) is 0 Å². The largest absolute Gasteiger partial charge is 0.448 e. The first-order chi connectivity index (χ1) is 10.2. The lowest BCUT2D eigenvalue weighted by Gasteiger charge is -2.19. The second-order valence-corrected chi connectivity index (χ2v) is 5.52. The van der Waals surface area contributed by atoms with Crippen LogP contribution in [0.4, 0.5) is 0 Å². The van der Waals surface area contributed by atoms with Gasteiger partial charge in [-0.25, -0.2) is 0 Å². The fourth-order valence-corrected chi connectivity index (χ4v) is 2.93. The Hall–Kier alpha value is -1.77. The molecule has 108 valence electrons. The highest BCUT2D eigenvalue weighted by Gasteiger charge is 2.19. The van der Waals surface area contributed by atoms with Gasteiger partial charge in [0.2, 0.25) is 0 Å². The Bertz CT molecular complexity index is 763. The molecule has 0 saturated heterocycles. The van der Waals surface area contributed by atoms with Crippen LogP contribution >= 0.6 is 11.6 Å². The predicted octanol–water partition coefficient (Wildman–Crippen LogP) is 5.09. The minimum atomic E-state index is 0.00741. The molecule has 1 N–H and O–H groups in total. The van der Waals surface area contributed by atoms with Gasteiger partial charge in [0.1, 0.15) is 5.76 Å². The summed E-state index contributed by atoms with van der Waals surface area (Å²) in [6, 6.07) is 16.5. The van der Waals surface area contributed by atoms with Crippen LogP contribution in [-0.2, 0) is 0 Å². The van der Waals surface area contributed by atoms with E-state index in [0.717, 1.165) is 12.3 Å². The Kier molecular flexibility index (Phi) is 4.00. The molecule has 0 spiro atoms. The van der Waals surface area contributed by atoms with Crippen LogP contribution in [-0.4, -0.2) is 6.54 Å². The zero-order valence-electron chi connectivity index (χ0n) is 12.2. The second-order valence-electron chi connectivity index (χ2n) is 5.15. The molecular weight excluding hydrogens is 282 g/mol. The SMILES string of the molecule is CCNC(c1ccc(Cl)o1)c1ccc(C)c2ccccc12. The van der Waals surface area contributed by atoms with Crippen LogP contribution in [0.3, 0.4) is 0 Å². The number of nitrogens with one attached hydrogen (secondary N) is 1. The lowest BCUT2D eigenvalue weighted by atomic mass is 9.94. The molecule has 21 heavy (non-hydrogen) atoms. The van der Waals surface area contributed by atoms with E-state index in [9.17, 15) is 0 Å². The Morgan fingerprint density at radius 1 is 1.05 bits per heavy atom. The van der Waals surface area contributed by atoms with Gasteiger partial charge in [-0.1, -0.05) is 43.3 Å². The summed E-state index contributed by atoms with van der Waals surface area (Å²) in [6.45, 7) is 5.08. The average molecular weight is 300 g/mol. The Balaban J connectivity index is 2.18. The molecule has 0 amide bonds. The minimum absolute atomic E-state index is 0.00741. The average Bonchev–Trinajstić information content (AvgIpc) is 2.92. The van der Waals surface area contributed by atoms with E-state index in [1.54, 1.807) is 6.07 Å². The van der Waals surface area contributed by atoms with Crippen molar-refractivity contribution in [3.05, 3.63) is 70.6 Å². The van der Waals surface area contributed by atoms with Gasteiger partial charge in [0.15, 0.2) is 5.22 Å². The van der Waals surface area contributed by atoms with E-state index in [1.165, 1.54) is 21.9 Å². The standard InChI is InChI=1S/C18H18ClNO/c1-3-20-18(16-10-11-17(19)21-16)15-9-8-12(2)13-6-4-5-7-14(13)15/h4-11,18,20H,3H2,1-2H3. The highest BCUT2D eigenvalue weighted by Crippen LogP contribution is 2.32. The molecule has 2 nitrogen and oxygen atoms in total. The van der Waals surface area contributed by atoms with Crippen LogP contribution in [0.15, 0.2) is 52.9 Å². The van der Waals surface area contributed by atoms with Gasteiger partial charge >= 0.3 is 0 Å². The summed E-state index contributed by atoms with van der Waals surface area (Å²) in [5.41, 5.74) is 2.49. The van der Waals surface area contributed by atoms with Gasteiger partial charge in [-0.3, -0.25) is 0 Å². The van der Waals surface area contributed by atoms with E-state index >= 15 is 0 Å². The lowest BCUT2D eigenvalue weighted by Crippen LogP contribution is -2.21. The maximum atomic E-state index is 5.94. The third-order valence-corrected chi connectivity index (χ3v) is 3.98. The zero-order chi connectivity index (χ0) is 14.8. The van der Waals surface area contributed by atoms with Gasteiger partial charge in [-0.15, -0.1) is 0 Å². The van der Waals surface area contributed by atoms with Crippen molar-refractivity contribution in [3.63, 3.8) is 0 Å². The summed E-state index contributed by atoms with van der Waals surface area (Å²) >= 11 is 5.94. The molecule has 3 rings (SSSR count). The summed E-state index contributed by atoms with van der Waals surface area (Å²) in [5.74, 6) is 0.843. The number of halogens is 1. The predicted molar refractivity (Wildman–Crippen MR) is 87.9 cm³/mol. The number of furan rings is 1. The number of hydrogen-bond donors (Lipinski definition) is 1. The highest BCUT2D eigenvalue weighted by atomic mass is 35.5. The molecule has 0 aliphatic carbocycles. The van der Waals surface area contributed by atoms with Crippen LogP contribution in [0.2, 0.25) is 5.22 Å². The van der Waals surface area contributed by atoms with Gasteiger partial charge in [-0.05, 0) is 59.1 Å². The summed E-state index contributed by atoms with van der Waals surface area (Å²) < 4.78 is 5.63. The molecule has 3 heteroatoms. The third kappa shape index (κ3) is 2.69.